The van der Waals surface area contributed by atoms with E-state index >= 15 is 0 Å². The van der Waals surface area contributed by atoms with Crippen LogP contribution < -0.4 is 0 Å². The van der Waals surface area contributed by atoms with Gasteiger partial charge in [0.05, 0.1) is 17.0 Å². The molecule has 0 saturated carbocycles. The zero-order valence-electron chi connectivity index (χ0n) is 14.6. The third-order valence-electron chi connectivity index (χ3n) is 4.29. The minimum atomic E-state index is -0.934. The fraction of sp³-hybridized carbons (Fsp3) is 0. The lowest BCUT2D eigenvalue weighted by Gasteiger charge is -2.09. The van der Waals surface area contributed by atoms with Crippen molar-refractivity contribution in [2.45, 2.75) is 0 Å². The molecule has 2 aromatic carbocycles. The molecule has 3 nitrogen and oxygen atoms in total. The number of ketones is 1. The first-order valence-corrected chi connectivity index (χ1v) is 8.61. The highest BCUT2D eigenvalue weighted by molar-refractivity contribution is 6.08. The first-order chi connectivity index (χ1) is 13.6. The minimum Gasteiger partial charge on any atom is -0.287 e. The molecule has 0 fully saturated rings. The van der Waals surface area contributed by atoms with Gasteiger partial charge in [0.25, 0.3) is 0 Å². The second-order valence-electron chi connectivity index (χ2n) is 6.13. The van der Waals surface area contributed by atoms with Crippen LogP contribution in [-0.4, -0.2) is 15.8 Å². The number of pyridine rings is 2. The maximum atomic E-state index is 14.5. The van der Waals surface area contributed by atoms with Crippen molar-refractivity contribution in [1.82, 2.24) is 9.97 Å². The van der Waals surface area contributed by atoms with Crippen molar-refractivity contribution in [1.29, 1.82) is 0 Å². The molecule has 0 amide bonds. The SMILES string of the molecule is O=C(c1ccccn1)c1cc(-c2cccc(-c3ccccc3)n2)c(F)cc1F. The molecular weight excluding hydrogens is 358 g/mol. The normalized spacial score (nSPS) is 10.6. The van der Waals surface area contributed by atoms with E-state index in [1.165, 1.54) is 18.3 Å². The Morgan fingerprint density at radius 3 is 2.25 bits per heavy atom. The van der Waals surface area contributed by atoms with Crippen molar-refractivity contribution < 1.29 is 13.6 Å². The number of carbonyl (C=O) groups is 1. The summed E-state index contributed by atoms with van der Waals surface area (Å²) >= 11 is 0. The predicted octanol–water partition coefficient (Wildman–Crippen LogP) is 5.32. The molecule has 0 bridgehead atoms. The van der Waals surface area contributed by atoms with E-state index in [1.807, 2.05) is 30.3 Å². The summed E-state index contributed by atoms with van der Waals surface area (Å²) in [5.74, 6) is -2.33. The van der Waals surface area contributed by atoms with Gasteiger partial charge in [0.1, 0.15) is 17.3 Å². The molecule has 4 rings (SSSR count). The van der Waals surface area contributed by atoms with Gasteiger partial charge >= 0.3 is 0 Å². The van der Waals surface area contributed by atoms with Crippen molar-refractivity contribution in [3.05, 3.63) is 108 Å². The van der Waals surface area contributed by atoms with Crippen LogP contribution in [0.15, 0.2) is 85.1 Å². The molecule has 0 saturated heterocycles. The second-order valence-corrected chi connectivity index (χ2v) is 6.13. The van der Waals surface area contributed by atoms with Crippen molar-refractivity contribution in [2.24, 2.45) is 0 Å². The van der Waals surface area contributed by atoms with E-state index in [0.717, 1.165) is 5.56 Å². The van der Waals surface area contributed by atoms with Gasteiger partial charge in [-0.1, -0.05) is 42.5 Å². The average molecular weight is 372 g/mol. The Balaban J connectivity index is 1.80. The fourth-order valence-electron chi connectivity index (χ4n) is 2.91. The van der Waals surface area contributed by atoms with Crippen molar-refractivity contribution in [3.63, 3.8) is 0 Å². The third kappa shape index (κ3) is 3.42. The number of rotatable bonds is 4. The van der Waals surface area contributed by atoms with E-state index in [2.05, 4.69) is 9.97 Å². The molecule has 0 spiro atoms. The summed E-state index contributed by atoms with van der Waals surface area (Å²) in [6, 6.07) is 21.3. The van der Waals surface area contributed by atoms with E-state index < -0.39 is 17.4 Å². The van der Waals surface area contributed by atoms with Gasteiger partial charge in [-0.25, -0.2) is 13.8 Å². The molecule has 28 heavy (non-hydrogen) atoms. The molecule has 5 heteroatoms. The van der Waals surface area contributed by atoms with Crippen molar-refractivity contribution in [2.75, 3.05) is 0 Å². The van der Waals surface area contributed by atoms with Crippen LogP contribution in [0.2, 0.25) is 0 Å². The van der Waals surface area contributed by atoms with E-state index in [0.29, 0.717) is 17.5 Å². The summed E-state index contributed by atoms with van der Waals surface area (Å²) in [5, 5.41) is 0. The Morgan fingerprint density at radius 2 is 1.50 bits per heavy atom. The number of benzene rings is 2. The van der Waals surface area contributed by atoms with E-state index in [1.54, 1.807) is 30.3 Å². The molecule has 0 unspecified atom stereocenters. The van der Waals surface area contributed by atoms with Crippen LogP contribution in [-0.2, 0) is 0 Å². The highest BCUT2D eigenvalue weighted by atomic mass is 19.1. The Labute approximate surface area is 160 Å². The minimum absolute atomic E-state index is 0.0541. The maximum Gasteiger partial charge on any atom is 0.214 e. The lowest BCUT2D eigenvalue weighted by atomic mass is 10.0. The van der Waals surface area contributed by atoms with Gasteiger partial charge < -0.3 is 0 Å². The van der Waals surface area contributed by atoms with Gasteiger partial charge in [0, 0.05) is 23.4 Å². The highest BCUT2D eigenvalue weighted by Crippen LogP contribution is 2.27. The van der Waals surface area contributed by atoms with E-state index in [-0.39, 0.29) is 16.8 Å². The van der Waals surface area contributed by atoms with Crippen LogP contribution in [0, 0.1) is 11.6 Å². The summed E-state index contributed by atoms with van der Waals surface area (Å²) in [6.45, 7) is 0. The Morgan fingerprint density at radius 1 is 0.750 bits per heavy atom. The topological polar surface area (TPSA) is 42.9 Å². The zero-order valence-corrected chi connectivity index (χ0v) is 14.6. The molecule has 0 radical (unpaired) electrons. The molecule has 0 aliphatic rings. The molecule has 0 atom stereocenters. The fourth-order valence-corrected chi connectivity index (χ4v) is 2.91. The van der Waals surface area contributed by atoms with Crippen LogP contribution in [0.4, 0.5) is 8.78 Å². The first kappa shape index (κ1) is 17.7. The summed E-state index contributed by atoms with van der Waals surface area (Å²) in [7, 11) is 0. The molecule has 0 aliphatic heterocycles. The standard InChI is InChI=1S/C23H14F2N2O/c24-18-14-19(25)17(23(28)22-9-4-5-12-26-22)13-16(18)21-11-6-10-20(27-21)15-7-2-1-3-8-15/h1-14H. The lowest BCUT2D eigenvalue weighted by molar-refractivity contribution is 0.103. The smallest absolute Gasteiger partial charge is 0.214 e. The van der Waals surface area contributed by atoms with Crippen LogP contribution in [0.1, 0.15) is 16.1 Å². The van der Waals surface area contributed by atoms with Gasteiger partial charge in [-0.05, 0) is 30.3 Å². The number of halogens is 2. The number of carbonyl (C=O) groups excluding carboxylic acids is 1. The lowest BCUT2D eigenvalue weighted by Crippen LogP contribution is -2.07. The van der Waals surface area contributed by atoms with Gasteiger partial charge in [-0.15, -0.1) is 0 Å². The number of hydrogen-bond donors (Lipinski definition) is 0. The average Bonchev–Trinajstić information content (AvgIpc) is 2.75. The maximum absolute atomic E-state index is 14.5. The molecule has 2 aromatic heterocycles. The van der Waals surface area contributed by atoms with Gasteiger partial charge in [0.2, 0.25) is 5.78 Å². The zero-order chi connectivity index (χ0) is 19.5. The van der Waals surface area contributed by atoms with Crippen LogP contribution in [0.25, 0.3) is 22.5 Å². The number of nitrogens with zero attached hydrogens (tertiary/aromatic N) is 2. The van der Waals surface area contributed by atoms with Crippen molar-refractivity contribution >= 4 is 5.78 Å². The quantitative estimate of drug-likeness (QED) is 0.455. The van der Waals surface area contributed by atoms with Crippen LogP contribution >= 0.6 is 0 Å². The monoisotopic (exact) mass is 372 g/mol. The second kappa shape index (κ2) is 7.48. The first-order valence-electron chi connectivity index (χ1n) is 8.61. The van der Waals surface area contributed by atoms with E-state index in [4.69, 9.17) is 0 Å². The van der Waals surface area contributed by atoms with E-state index in [9.17, 15) is 13.6 Å². The molecular formula is C23H14F2N2O. The largest absolute Gasteiger partial charge is 0.287 e. The number of aromatic nitrogens is 2. The Kier molecular flexibility index (Phi) is 4.72. The van der Waals surface area contributed by atoms with Gasteiger partial charge in [0.15, 0.2) is 0 Å². The summed E-state index contributed by atoms with van der Waals surface area (Å²) in [5.41, 5.74) is 1.73. The Hall–Kier alpha value is -3.73. The molecule has 2 heterocycles. The molecule has 136 valence electrons. The third-order valence-corrected chi connectivity index (χ3v) is 4.29. The molecule has 0 aliphatic carbocycles. The van der Waals surface area contributed by atoms with Crippen LogP contribution in [0.5, 0.6) is 0 Å². The summed E-state index contributed by atoms with van der Waals surface area (Å²) < 4.78 is 28.8. The molecule has 0 N–H and O–H groups in total. The Bertz CT molecular complexity index is 1150. The molecule has 4 aromatic rings. The number of hydrogen-bond acceptors (Lipinski definition) is 3. The van der Waals surface area contributed by atoms with Gasteiger partial charge in [-0.2, -0.15) is 0 Å². The van der Waals surface area contributed by atoms with Crippen molar-refractivity contribution in [3.8, 4) is 22.5 Å². The highest BCUT2D eigenvalue weighted by Gasteiger charge is 2.20. The van der Waals surface area contributed by atoms with Crippen LogP contribution in [0.3, 0.4) is 0 Å². The predicted molar refractivity (Wildman–Crippen MR) is 103 cm³/mol. The summed E-state index contributed by atoms with van der Waals surface area (Å²) in [4.78, 5) is 21.0. The van der Waals surface area contributed by atoms with Gasteiger partial charge in [-0.3, -0.25) is 9.78 Å². The summed E-state index contributed by atoms with van der Waals surface area (Å²) in [6.07, 6.45) is 1.44.